The minimum Gasteiger partial charge on any atom is -0.396 e. The third-order valence-corrected chi connectivity index (χ3v) is 4.12. The largest absolute Gasteiger partial charge is 0.396 e. The summed E-state index contributed by atoms with van der Waals surface area (Å²) >= 11 is 0. The van der Waals surface area contributed by atoms with Gasteiger partial charge in [0.25, 0.3) is 0 Å². The van der Waals surface area contributed by atoms with Crippen molar-refractivity contribution in [2.45, 2.75) is 71.1 Å². The average molecular weight is 255 g/mol. The Kier molecular flexibility index (Phi) is 9.59. The van der Waals surface area contributed by atoms with Gasteiger partial charge in [-0.05, 0) is 13.0 Å². The smallest absolute Gasteiger partial charge is 0.0483 e. The Bertz CT molecular complexity index is 178. The number of hydrogen-bond acceptors (Lipinski definition) is 2. The van der Waals surface area contributed by atoms with E-state index in [1.165, 1.54) is 70.8 Å². The molecule has 0 spiro atoms. The van der Waals surface area contributed by atoms with Crippen LogP contribution in [0.1, 0.15) is 71.1 Å². The molecular weight excluding hydrogens is 222 g/mol. The molecule has 0 unspecified atom stereocenters. The highest BCUT2D eigenvalue weighted by atomic mass is 16.3. The van der Waals surface area contributed by atoms with Gasteiger partial charge in [0.05, 0.1) is 0 Å². The van der Waals surface area contributed by atoms with Crippen LogP contribution in [-0.4, -0.2) is 36.2 Å². The topological polar surface area (TPSA) is 23.5 Å². The number of aliphatic hydroxyl groups is 1. The summed E-state index contributed by atoms with van der Waals surface area (Å²) in [5.41, 5.74) is 0. The van der Waals surface area contributed by atoms with E-state index in [4.69, 9.17) is 5.11 Å². The minimum absolute atomic E-state index is 0.383. The summed E-state index contributed by atoms with van der Waals surface area (Å²) in [6.45, 7) is 6.18. The molecule has 2 nitrogen and oxygen atoms in total. The molecule has 0 bridgehead atoms. The Balaban J connectivity index is 1.69. The first-order valence-electron chi connectivity index (χ1n) is 8.20. The monoisotopic (exact) mass is 255 g/mol. The maximum absolute atomic E-state index is 8.92. The molecule has 1 N–H and O–H groups in total. The predicted octanol–water partition coefficient (Wildman–Crippen LogP) is 3.83. The molecule has 1 heterocycles. The Labute approximate surface area is 114 Å². The highest BCUT2D eigenvalue weighted by Crippen LogP contribution is 2.16. The summed E-state index contributed by atoms with van der Waals surface area (Å²) in [5.74, 6) is 0.577. The molecule has 1 aliphatic heterocycles. The Morgan fingerprint density at radius 3 is 1.83 bits per heavy atom. The van der Waals surface area contributed by atoms with E-state index in [2.05, 4.69) is 11.8 Å². The highest BCUT2D eigenvalue weighted by molar-refractivity contribution is 4.78. The quantitative estimate of drug-likeness (QED) is 0.536. The van der Waals surface area contributed by atoms with Crippen LogP contribution >= 0.6 is 0 Å². The fourth-order valence-corrected chi connectivity index (χ4v) is 2.80. The fourth-order valence-electron chi connectivity index (χ4n) is 2.80. The van der Waals surface area contributed by atoms with Gasteiger partial charge in [0.2, 0.25) is 0 Å². The molecule has 108 valence electrons. The van der Waals surface area contributed by atoms with Gasteiger partial charge < -0.3 is 10.0 Å². The zero-order valence-corrected chi connectivity index (χ0v) is 12.4. The molecule has 1 aliphatic rings. The van der Waals surface area contributed by atoms with Gasteiger partial charge in [0, 0.05) is 25.6 Å². The van der Waals surface area contributed by atoms with Gasteiger partial charge in [0.1, 0.15) is 0 Å². The van der Waals surface area contributed by atoms with Gasteiger partial charge >= 0.3 is 0 Å². The van der Waals surface area contributed by atoms with E-state index >= 15 is 0 Å². The summed E-state index contributed by atoms with van der Waals surface area (Å²) < 4.78 is 0. The van der Waals surface area contributed by atoms with Crippen molar-refractivity contribution in [2.24, 2.45) is 5.92 Å². The van der Waals surface area contributed by atoms with Crippen LogP contribution < -0.4 is 0 Å². The van der Waals surface area contributed by atoms with E-state index in [0.717, 1.165) is 13.1 Å². The standard InChI is InChI=1S/C16H33NO/c1-2-3-4-5-6-7-8-9-10-11-12-17-13-16(14-17)15-18/h16,18H,2-15H2,1H3. The number of unbranched alkanes of at least 4 members (excludes halogenated alkanes) is 9. The Morgan fingerprint density at radius 2 is 1.33 bits per heavy atom. The summed E-state index contributed by atoms with van der Waals surface area (Å²) in [7, 11) is 0. The van der Waals surface area contributed by atoms with Crippen LogP contribution in [-0.2, 0) is 0 Å². The van der Waals surface area contributed by atoms with Crippen molar-refractivity contribution in [1.29, 1.82) is 0 Å². The number of rotatable bonds is 12. The van der Waals surface area contributed by atoms with E-state index in [-0.39, 0.29) is 0 Å². The van der Waals surface area contributed by atoms with Gasteiger partial charge in [0.15, 0.2) is 0 Å². The van der Waals surface area contributed by atoms with Crippen molar-refractivity contribution in [1.82, 2.24) is 4.90 Å². The van der Waals surface area contributed by atoms with E-state index in [1.54, 1.807) is 0 Å². The number of likely N-dealkylation sites (tertiary alicyclic amines) is 1. The predicted molar refractivity (Wildman–Crippen MR) is 78.9 cm³/mol. The zero-order chi connectivity index (χ0) is 13.1. The van der Waals surface area contributed by atoms with Crippen LogP contribution in [0.15, 0.2) is 0 Å². The molecule has 0 aromatic rings. The molecule has 0 aliphatic carbocycles. The summed E-state index contributed by atoms with van der Waals surface area (Å²) in [6, 6.07) is 0. The van der Waals surface area contributed by atoms with Gasteiger partial charge in [-0.2, -0.15) is 0 Å². The van der Waals surface area contributed by atoms with E-state index in [0.29, 0.717) is 12.5 Å². The van der Waals surface area contributed by atoms with Gasteiger partial charge in [-0.15, -0.1) is 0 Å². The van der Waals surface area contributed by atoms with Crippen molar-refractivity contribution in [3.63, 3.8) is 0 Å². The third kappa shape index (κ3) is 7.38. The first kappa shape index (κ1) is 16.0. The molecule has 0 radical (unpaired) electrons. The van der Waals surface area contributed by atoms with Crippen LogP contribution in [0.3, 0.4) is 0 Å². The lowest BCUT2D eigenvalue weighted by molar-refractivity contribution is 0.0527. The first-order valence-corrected chi connectivity index (χ1v) is 8.20. The molecule has 0 amide bonds. The lowest BCUT2D eigenvalue weighted by atomic mass is 10.0. The second-order valence-corrected chi connectivity index (χ2v) is 5.99. The normalized spacial score (nSPS) is 17.0. The molecule has 2 heteroatoms. The van der Waals surface area contributed by atoms with Crippen molar-refractivity contribution in [2.75, 3.05) is 26.2 Å². The molecular formula is C16H33NO. The first-order chi connectivity index (χ1) is 8.86. The second kappa shape index (κ2) is 10.8. The number of aliphatic hydroxyl groups excluding tert-OH is 1. The van der Waals surface area contributed by atoms with Crippen molar-refractivity contribution in [3.8, 4) is 0 Å². The van der Waals surface area contributed by atoms with Gasteiger partial charge in [-0.25, -0.2) is 0 Å². The molecule has 0 atom stereocenters. The van der Waals surface area contributed by atoms with Gasteiger partial charge in [-0.3, -0.25) is 0 Å². The molecule has 18 heavy (non-hydrogen) atoms. The lowest BCUT2D eigenvalue weighted by Crippen LogP contribution is -2.48. The van der Waals surface area contributed by atoms with E-state index in [9.17, 15) is 0 Å². The minimum atomic E-state index is 0.383. The maximum atomic E-state index is 8.92. The van der Waals surface area contributed by atoms with E-state index in [1.807, 2.05) is 0 Å². The SMILES string of the molecule is CCCCCCCCCCCCN1CC(CO)C1. The Hall–Kier alpha value is -0.0800. The zero-order valence-electron chi connectivity index (χ0n) is 12.4. The summed E-state index contributed by atoms with van der Waals surface area (Å²) in [6.07, 6.45) is 14.2. The number of nitrogens with zero attached hydrogens (tertiary/aromatic N) is 1. The van der Waals surface area contributed by atoms with Crippen LogP contribution in [0.25, 0.3) is 0 Å². The maximum Gasteiger partial charge on any atom is 0.0483 e. The molecule has 0 aromatic heterocycles. The number of hydrogen-bond donors (Lipinski definition) is 1. The fraction of sp³-hybridized carbons (Fsp3) is 1.00. The van der Waals surface area contributed by atoms with Gasteiger partial charge in [-0.1, -0.05) is 64.7 Å². The van der Waals surface area contributed by atoms with E-state index < -0.39 is 0 Å². The van der Waals surface area contributed by atoms with Crippen LogP contribution in [0.2, 0.25) is 0 Å². The van der Waals surface area contributed by atoms with Crippen LogP contribution in [0.4, 0.5) is 0 Å². The third-order valence-electron chi connectivity index (χ3n) is 4.12. The Morgan fingerprint density at radius 1 is 0.833 bits per heavy atom. The van der Waals surface area contributed by atoms with Crippen molar-refractivity contribution >= 4 is 0 Å². The molecule has 1 fully saturated rings. The lowest BCUT2D eigenvalue weighted by Gasteiger charge is -2.38. The van der Waals surface area contributed by atoms with Crippen molar-refractivity contribution < 1.29 is 5.11 Å². The summed E-state index contributed by atoms with van der Waals surface area (Å²) in [4.78, 5) is 2.48. The second-order valence-electron chi connectivity index (χ2n) is 5.99. The molecule has 1 rings (SSSR count). The molecule has 1 saturated heterocycles. The molecule has 0 saturated carbocycles. The van der Waals surface area contributed by atoms with Crippen LogP contribution in [0, 0.1) is 5.92 Å². The highest BCUT2D eigenvalue weighted by Gasteiger charge is 2.24. The average Bonchev–Trinajstić information content (AvgIpc) is 2.33. The van der Waals surface area contributed by atoms with Crippen LogP contribution in [0.5, 0.6) is 0 Å². The summed E-state index contributed by atoms with van der Waals surface area (Å²) in [5, 5.41) is 8.92. The van der Waals surface area contributed by atoms with Crippen molar-refractivity contribution in [3.05, 3.63) is 0 Å². The molecule has 0 aromatic carbocycles.